The zero-order valence-corrected chi connectivity index (χ0v) is 15.7. The lowest BCUT2D eigenvalue weighted by molar-refractivity contribution is 0.837. The van der Waals surface area contributed by atoms with Crippen molar-refractivity contribution in [3.8, 4) is 0 Å². The maximum Gasteiger partial charge on any atom is 0.275 e. The highest BCUT2D eigenvalue weighted by Gasteiger charge is 2.43. The second kappa shape index (κ2) is 6.80. The van der Waals surface area contributed by atoms with Crippen LogP contribution < -0.4 is 10.9 Å². The summed E-state index contributed by atoms with van der Waals surface area (Å²) < 4.78 is 1.64. The van der Waals surface area contributed by atoms with E-state index in [1.54, 1.807) is 6.07 Å². The van der Waals surface area contributed by atoms with Gasteiger partial charge in [-0.05, 0) is 31.4 Å². The Labute approximate surface area is 154 Å². The van der Waals surface area contributed by atoms with E-state index in [1.807, 2.05) is 17.8 Å². The lowest BCUT2D eigenvalue weighted by Crippen LogP contribution is -2.19. The molecule has 130 valence electrons. The third kappa shape index (κ3) is 3.72. The van der Waals surface area contributed by atoms with Gasteiger partial charge in [0.2, 0.25) is 10.1 Å². The van der Waals surface area contributed by atoms with Gasteiger partial charge in [0.1, 0.15) is 0 Å². The molecule has 0 amide bonds. The Morgan fingerprint density at radius 3 is 2.84 bits per heavy atom. The largest absolute Gasteiger partial charge is 0.359 e. The number of aryl methyl sites for hydroxylation is 1. The van der Waals surface area contributed by atoms with Gasteiger partial charge in [0.05, 0.1) is 0 Å². The van der Waals surface area contributed by atoms with Gasteiger partial charge in [-0.3, -0.25) is 4.79 Å². The van der Waals surface area contributed by atoms with Crippen molar-refractivity contribution in [2.24, 2.45) is 0 Å². The van der Waals surface area contributed by atoms with Crippen LogP contribution in [0.2, 0.25) is 0 Å². The number of aromatic nitrogens is 3. The smallest absolute Gasteiger partial charge is 0.275 e. The average molecular weight is 373 g/mol. The summed E-state index contributed by atoms with van der Waals surface area (Å²) in [6.07, 6.45) is 4.20. The molecule has 4 rings (SSSR count). The van der Waals surface area contributed by atoms with Gasteiger partial charge in [-0.2, -0.15) is 4.52 Å². The number of fused-ring (bicyclic) bond motifs is 1. The molecule has 1 aliphatic carbocycles. The van der Waals surface area contributed by atoms with Crippen molar-refractivity contribution < 1.29 is 0 Å². The molecule has 0 unspecified atom stereocenters. The second-order valence-corrected chi connectivity index (χ2v) is 8.89. The zero-order valence-electron chi connectivity index (χ0n) is 14.1. The fourth-order valence-electron chi connectivity index (χ4n) is 2.74. The van der Waals surface area contributed by atoms with Gasteiger partial charge in [0.25, 0.3) is 5.56 Å². The first-order valence-corrected chi connectivity index (χ1v) is 10.2. The van der Waals surface area contributed by atoms with Crippen molar-refractivity contribution in [1.82, 2.24) is 14.6 Å². The van der Waals surface area contributed by atoms with Gasteiger partial charge in [0, 0.05) is 27.9 Å². The summed E-state index contributed by atoms with van der Waals surface area (Å²) in [5, 5.41) is 8.58. The molecule has 3 aromatic rings. The van der Waals surface area contributed by atoms with Crippen LogP contribution in [-0.2, 0) is 6.42 Å². The standard InChI is InChI=1S/C18H20N4OS2/c1-2-6-13-11-15(23)22-17(20-13)24-16(21-22)19-12-18(9-10-18)25-14-7-4-3-5-8-14/h3-5,7-8,11H,2,6,9-10,12H2,1H3,(H,19,21). The van der Waals surface area contributed by atoms with Gasteiger partial charge in [0.15, 0.2) is 0 Å². The summed E-state index contributed by atoms with van der Waals surface area (Å²) in [6, 6.07) is 12.1. The quantitative estimate of drug-likeness (QED) is 0.683. The summed E-state index contributed by atoms with van der Waals surface area (Å²) in [5.74, 6) is 0. The first-order chi connectivity index (χ1) is 12.2. The molecule has 1 aliphatic rings. The molecule has 1 aromatic carbocycles. The second-order valence-electron chi connectivity index (χ2n) is 6.39. The molecule has 1 saturated carbocycles. The van der Waals surface area contributed by atoms with Gasteiger partial charge >= 0.3 is 0 Å². The van der Waals surface area contributed by atoms with Crippen LogP contribution in [0, 0.1) is 0 Å². The molecule has 0 bridgehead atoms. The van der Waals surface area contributed by atoms with Crippen molar-refractivity contribution in [3.63, 3.8) is 0 Å². The number of anilines is 1. The van der Waals surface area contributed by atoms with E-state index in [4.69, 9.17) is 0 Å². The number of benzene rings is 1. The molecule has 1 N–H and O–H groups in total. The van der Waals surface area contributed by atoms with Crippen molar-refractivity contribution in [3.05, 3.63) is 52.4 Å². The van der Waals surface area contributed by atoms with E-state index in [9.17, 15) is 4.79 Å². The van der Waals surface area contributed by atoms with Crippen LogP contribution in [0.1, 0.15) is 31.9 Å². The molecule has 0 atom stereocenters. The third-order valence-electron chi connectivity index (χ3n) is 4.25. The number of nitrogens with zero attached hydrogens (tertiary/aromatic N) is 3. The Balaban J connectivity index is 1.48. The summed E-state index contributed by atoms with van der Waals surface area (Å²) in [7, 11) is 0. The van der Waals surface area contributed by atoms with Gasteiger partial charge in [-0.15, -0.1) is 16.9 Å². The van der Waals surface area contributed by atoms with Gasteiger partial charge in [-0.25, -0.2) is 4.98 Å². The highest BCUT2D eigenvalue weighted by molar-refractivity contribution is 8.01. The molecule has 2 aromatic heterocycles. The molecule has 2 heterocycles. The summed E-state index contributed by atoms with van der Waals surface area (Å²) in [6.45, 7) is 2.94. The van der Waals surface area contributed by atoms with E-state index in [0.29, 0.717) is 4.96 Å². The van der Waals surface area contributed by atoms with E-state index < -0.39 is 0 Å². The van der Waals surface area contributed by atoms with Crippen LogP contribution in [0.15, 0.2) is 46.1 Å². The maximum atomic E-state index is 12.2. The van der Waals surface area contributed by atoms with Crippen LogP contribution in [0.5, 0.6) is 0 Å². The SMILES string of the molecule is CCCc1cc(=O)n2nc(NCC3(Sc4ccccc4)CC3)sc2n1. The van der Waals surface area contributed by atoms with Crippen molar-refractivity contribution in [2.75, 3.05) is 11.9 Å². The number of thioether (sulfide) groups is 1. The molecule has 7 heteroatoms. The Morgan fingerprint density at radius 1 is 1.32 bits per heavy atom. The lowest BCUT2D eigenvalue weighted by Gasteiger charge is -2.14. The minimum atomic E-state index is -0.0995. The maximum absolute atomic E-state index is 12.2. The molecule has 0 saturated heterocycles. The summed E-state index contributed by atoms with van der Waals surface area (Å²) in [4.78, 5) is 18.7. The summed E-state index contributed by atoms with van der Waals surface area (Å²) >= 11 is 3.37. The molecule has 0 radical (unpaired) electrons. The van der Waals surface area contributed by atoms with Crippen LogP contribution in [0.25, 0.3) is 4.96 Å². The zero-order chi connectivity index (χ0) is 17.3. The fourth-order valence-corrected chi connectivity index (χ4v) is 4.81. The van der Waals surface area contributed by atoms with Crippen molar-refractivity contribution in [1.29, 1.82) is 0 Å². The normalized spacial score (nSPS) is 15.4. The monoisotopic (exact) mass is 372 g/mol. The lowest BCUT2D eigenvalue weighted by atomic mass is 10.2. The van der Waals surface area contributed by atoms with E-state index in [2.05, 4.69) is 46.6 Å². The highest BCUT2D eigenvalue weighted by Crippen LogP contribution is 2.51. The molecule has 5 nitrogen and oxygen atoms in total. The van der Waals surface area contributed by atoms with Crippen LogP contribution in [0.4, 0.5) is 5.13 Å². The topological polar surface area (TPSA) is 59.3 Å². The molecule has 1 fully saturated rings. The van der Waals surface area contributed by atoms with E-state index in [1.165, 1.54) is 33.6 Å². The van der Waals surface area contributed by atoms with E-state index >= 15 is 0 Å². The Hall–Kier alpha value is -1.86. The Bertz CT molecular complexity index is 931. The third-order valence-corrected chi connectivity index (χ3v) is 6.61. The molecular weight excluding hydrogens is 352 g/mol. The van der Waals surface area contributed by atoms with Crippen molar-refractivity contribution >= 4 is 33.2 Å². The minimum absolute atomic E-state index is 0.0995. The fraction of sp³-hybridized carbons (Fsp3) is 0.389. The molecule has 0 aliphatic heterocycles. The molecular formula is C18H20N4OS2. The number of nitrogens with one attached hydrogen (secondary N) is 1. The average Bonchev–Trinajstić information content (AvgIpc) is 3.23. The van der Waals surface area contributed by atoms with Crippen molar-refractivity contribution in [2.45, 2.75) is 42.2 Å². The predicted octanol–water partition coefficient (Wildman–Crippen LogP) is 3.84. The number of hydrogen-bond acceptors (Lipinski definition) is 6. The van der Waals surface area contributed by atoms with E-state index in [-0.39, 0.29) is 10.3 Å². The van der Waals surface area contributed by atoms with Crippen LogP contribution in [0.3, 0.4) is 0 Å². The predicted molar refractivity (Wildman–Crippen MR) is 104 cm³/mol. The van der Waals surface area contributed by atoms with Gasteiger partial charge in [-0.1, -0.05) is 42.9 Å². The molecule has 0 spiro atoms. The van der Waals surface area contributed by atoms with Crippen LogP contribution in [-0.4, -0.2) is 25.9 Å². The first kappa shape index (κ1) is 16.6. The highest BCUT2D eigenvalue weighted by atomic mass is 32.2. The number of rotatable bonds is 7. The van der Waals surface area contributed by atoms with Gasteiger partial charge < -0.3 is 5.32 Å². The first-order valence-electron chi connectivity index (χ1n) is 8.55. The Morgan fingerprint density at radius 2 is 2.12 bits per heavy atom. The van der Waals surface area contributed by atoms with E-state index in [0.717, 1.165) is 30.2 Å². The Kier molecular flexibility index (Phi) is 4.52. The van der Waals surface area contributed by atoms with Crippen LogP contribution >= 0.6 is 23.1 Å². The molecule has 25 heavy (non-hydrogen) atoms. The minimum Gasteiger partial charge on any atom is -0.359 e. The number of hydrogen-bond donors (Lipinski definition) is 1. The summed E-state index contributed by atoms with van der Waals surface area (Å²) in [5.41, 5.74) is 0.749.